The average Bonchev–Trinajstić information content (AvgIpc) is 3.17. The second-order valence-electron chi connectivity index (χ2n) is 5.60. The maximum Gasteiger partial charge on any atom is 0.338 e. The summed E-state index contributed by atoms with van der Waals surface area (Å²) in [5.74, 6) is 0.455. The van der Waals surface area contributed by atoms with Crippen LogP contribution in [0.25, 0.3) is 6.08 Å². The average molecular weight is 341 g/mol. The van der Waals surface area contributed by atoms with E-state index in [4.69, 9.17) is 13.9 Å². The summed E-state index contributed by atoms with van der Waals surface area (Å²) in [7, 11) is 0. The molecule has 0 radical (unpaired) electrons. The number of carbonyl (C=O) groups is 2. The summed E-state index contributed by atoms with van der Waals surface area (Å²) in [4.78, 5) is 24.6. The van der Waals surface area contributed by atoms with Crippen molar-refractivity contribution >= 4 is 18.0 Å². The second-order valence-corrected chi connectivity index (χ2v) is 5.60. The Labute approximate surface area is 145 Å². The normalized spacial score (nSPS) is 13.9. The smallest absolute Gasteiger partial charge is 0.338 e. The summed E-state index contributed by atoms with van der Waals surface area (Å²) < 4.78 is 16.1. The van der Waals surface area contributed by atoms with E-state index in [-0.39, 0.29) is 19.1 Å². The van der Waals surface area contributed by atoms with Gasteiger partial charge in [-0.1, -0.05) is 25.1 Å². The first kappa shape index (κ1) is 16.8. The van der Waals surface area contributed by atoms with Crippen molar-refractivity contribution in [2.45, 2.75) is 26.0 Å². The number of hydrogen-bond acceptors (Lipinski definition) is 5. The third-order valence-corrected chi connectivity index (χ3v) is 3.82. The minimum absolute atomic E-state index is 0.125. The molecule has 1 aliphatic rings. The maximum atomic E-state index is 12.3. The van der Waals surface area contributed by atoms with Gasteiger partial charge in [-0.3, -0.25) is 4.79 Å². The molecule has 130 valence electrons. The molecule has 6 nitrogen and oxygen atoms in total. The van der Waals surface area contributed by atoms with Crippen LogP contribution in [0.3, 0.4) is 0 Å². The third kappa shape index (κ3) is 4.09. The lowest BCUT2D eigenvalue weighted by Gasteiger charge is -2.20. The van der Waals surface area contributed by atoms with Crippen LogP contribution in [0.15, 0.2) is 52.7 Å². The maximum absolute atomic E-state index is 12.3. The standard InChI is InChI=1S/C19H19NO5/c1-2-16(18(21)20-11-15-7-5-9-23-15)25-19(22)14-10-13-6-3-4-8-17(13)24-12-14/h3-10,16H,2,11-12H2,1H3,(H,20,21)/t16-/m1/s1. The van der Waals surface area contributed by atoms with Crippen LogP contribution in [0.4, 0.5) is 0 Å². The van der Waals surface area contributed by atoms with Crippen molar-refractivity contribution in [2.24, 2.45) is 0 Å². The Balaban J connectivity index is 1.60. The number of para-hydroxylation sites is 1. The lowest BCUT2D eigenvalue weighted by Crippen LogP contribution is -2.37. The van der Waals surface area contributed by atoms with Gasteiger partial charge in [0, 0.05) is 5.56 Å². The van der Waals surface area contributed by atoms with Crippen molar-refractivity contribution in [3.05, 3.63) is 59.6 Å². The molecule has 6 heteroatoms. The van der Waals surface area contributed by atoms with Crippen molar-refractivity contribution in [1.82, 2.24) is 5.32 Å². The van der Waals surface area contributed by atoms with E-state index in [1.54, 1.807) is 25.1 Å². The summed E-state index contributed by atoms with van der Waals surface area (Å²) >= 11 is 0. The number of nitrogens with one attached hydrogen (secondary N) is 1. The van der Waals surface area contributed by atoms with Gasteiger partial charge in [0.1, 0.15) is 18.1 Å². The van der Waals surface area contributed by atoms with E-state index in [9.17, 15) is 9.59 Å². The van der Waals surface area contributed by atoms with Crippen LogP contribution < -0.4 is 10.1 Å². The van der Waals surface area contributed by atoms with E-state index in [0.717, 1.165) is 11.3 Å². The molecule has 2 aromatic rings. The van der Waals surface area contributed by atoms with Gasteiger partial charge in [-0.15, -0.1) is 0 Å². The van der Waals surface area contributed by atoms with Gasteiger partial charge in [0.15, 0.2) is 6.10 Å². The van der Waals surface area contributed by atoms with Gasteiger partial charge in [0.25, 0.3) is 5.91 Å². The third-order valence-electron chi connectivity index (χ3n) is 3.82. The number of benzene rings is 1. The molecule has 1 atom stereocenters. The van der Waals surface area contributed by atoms with Crippen LogP contribution >= 0.6 is 0 Å². The van der Waals surface area contributed by atoms with Gasteiger partial charge in [0.05, 0.1) is 18.4 Å². The number of rotatable bonds is 6. The summed E-state index contributed by atoms with van der Waals surface area (Å²) in [6, 6.07) is 10.9. The molecule has 0 unspecified atom stereocenters. The van der Waals surface area contributed by atoms with Crippen molar-refractivity contribution < 1.29 is 23.5 Å². The molecular formula is C19H19NO5. The molecule has 1 aromatic carbocycles. The molecule has 0 aliphatic carbocycles. The van der Waals surface area contributed by atoms with E-state index in [2.05, 4.69) is 5.32 Å². The Morgan fingerprint density at radius 2 is 2.08 bits per heavy atom. The largest absolute Gasteiger partial charge is 0.488 e. The molecule has 3 rings (SSSR count). The molecule has 0 bridgehead atoms. The summed E-state index contributed by atoms with van der Waals surface area (Å²) in [5, 5.41) is 2.70. The Kier molecular flexibility index (Phi) is 5.18. The predicted molar refractivity (Wildman–Crippen MR) is 90.6 cm³/mol. The van der Waals surface area contributed by atoms with Crippen LogP contribution in [-0.2, 0) is 20.9 Å². The number of hydrogen-bond donors (Lipinski definition) is 1. The zero-order chi connectivity index (χ0) is 17.6. The number of carbonyl (C=O) groups excluding carboxylic acids is 2. The first-order chi connectivity index (χ1) is 12.2. The quantitative estimate of drug-likeness (QED) is 0.818. The molecule has 0 fully saturated rings. The number of fused-ring (bicyclic) bond motifs is 1. The van der Waals surface area contributed by atoms with E-state index >= 15 is 0 Å². The molecule has 25 heavy (non-hydrogen) atoms. The molecule has 0 spiro atoms. The van der Waals surface area contributed by atoms with Crippen LogP contribution in [-0.4, -0.2) is 24.6 Å². The highest BCUT2D eigenvalue weighted by atomic mass is 16.6. The van der Waals surface area contributed by atoms with Gasteiger partial charge in [-0.2, -0.15) is 0 Å². The summed E-state index contributed by atoms with van der Waals surface area (Å²) in [6.45, 7) is 2.16. The molecule has 1 amide bonds. The number of esters is 1. The Morgan fingerprint density at radius 3 is 2.84 bits per heavy atom. The number of amides is 1. The van der Waals surface area contributed by atoms with Crippen LogP contribution in [0.2, 0.25) is 0 Å². The van der Waals surface area contributed by atoms with Gasteiger partial charge >= 0.3 is 5.97 Å². The fourth-order valence-corrected chi connectivity index (χ4v) is 2.46. The molecule has 2 heterocycles. The second kappa shape index (κ2) is 7.70. The number of ether oxygens (including phenoxy) is 2. The first-order valence-corrected chi connectivity index (χ1v) is 8.11. The molecular weight excluding hydrogens is 322 g/mol. The van der Waals surface area contributed by atoms with Gasteiger partial charge in [-0.05, 0) is 30.7 Å². The zero-order valence-electron chi connectivity index (χ0n) is 13.9. The SMILES string of the molecule is CC[C@@H](OC(=O)C1=Cc2ccccc2OC1)C(=O)NCc1ccco1. The highest BCUT2D eigenvalue weighted by Crippen LogP contribution is 2.26. The van der Waals surface area contributed by atoms with Crippen molar-refractivity contribution in [1.29, 1.82) is 0 Å². The van der Waals surface area contributed by atoms with Crippen molar-refractivity contribution in [3.8, 4) is 5.75 Å². The Hall–Kier alpha value is -3.02. The van der Waals surface area contributed by atoms with Gasteiger partial charge < -0.3 is 19.2 Å². The van der Waals surface area contributed by atoms with E-state index < -0.39 is 12.1 Å². The lowest BCUT2D eigenvalue weighted by atomic mass is 10.1. The molecule has 1 aliphatic heterocycles. The zero-order valence-corrected chi connectivity index (χ0v) is 13.9. The van der Waals surface area contributed by atoms with Crippen LogP contribution in [0, 0.1) is 0 Å². The fraction of sp³-hybridized carbons (Fsp3) is 0.263. The van der Waals surface area contributed by atoms with Gasteiger partial charge in [0.2, 0.25) is 0 Å². The van der Waals surface area contributed by atoms with E-state index in [1.165, 1.54) is 6.26 Å². The molecule has 0 saturated heterocycles. The van der Waals surface area contributed by atoms with Crippen molar-refractivity contribution in [3.63, 3.8) is 0 Å². The lowest BCUT2D eigenvalue weighted by molar-refractivity contribution is -0.152. The summed E-state index contributed by atoms with van der Waals surface area (Å²) in [5.41, 5.74) is 1.20. The Bertz CT molecular complexity index is 779. The topological polar surface area (TPSA) is 77.8 Å². The first-order valence-electron chi connectivity index (χ1n) is 8.11. The highest BCUT2D eigenvalue weighted by Gasteiger charge is 2.25. The molecule has 0 saturated carbocycles. The van der Waals surface area contributed by atoms with Crippen LogP contribution in [0.5, 0.6) is 5.75 Å². The van der Waals surface area contributed by atoms with Gasteiger partial charge in [-0.25, -0.2) is 4.79 Å². The van der Waals surface area contributed by atoms with Crippen LogP contribution in [0.1, 0.15) is 24.7 Å². The minimum Gasteiger partial charge on any atom is -0.488 e. The monoisotopic (exact) mass is 341 g/mol. The Morgan fingerprint density at radius 1 is 1.24 bits per heavy atom. The molecule has 1 N–H and O–H groups in total. The van der Waals surface area contributed by atoms with E-state index in [1.807, 2.05) is 24.3 Å². The summed E-state index contributed by atoms with van der Waals surface area (Å²) in [6.07, 6.45) is 2.78. The highest BCUT2D eigenvalue weighted by molar-refractivity contribution is 5.96. The number of furan rings is 1. The van der Waals surface area contributed by atoms with Crippen molar-refractivity contribution in [2.75, 3.05) is 6.61 Å². The molecule has 1 aromatic heterocycles. The fourth-order valence-electron chi connectivity index (χ4n) is 2.46. The minimum atomic E-state index is -0.861. The van der Waals surface area contributed by atoms with E-state index in [0.29, 0.717) is 17.8 Å². The predicted octanol–water partition coefficient (Wildman–Crippen LogP) is 2.69.